The van der Waals surface area contributed by atoms with Crippen LogP contribution in [0, 0.1) is 0 Å². The Morgan fingerprint density at radius 2 is 1.97 bits per heavy atom. The number of carboxylic acid groups (broad SMARTS) is 1. The molecular weight excluding hydrogens is 396 g/mol. The van der Waals surface area contributed by atoms with Crippen molar-refractivity contribution in [1.29, 1.82) is 0 Å². The summed E-state index contributed by atoms with van der Waals surface area (Å²) in [5.74, 6) is -0.829. The number of rotatable bonds is 9. The molecule has 3 unspecified atom stereocenters. The molecule has 6 atom stereocenters. The highest BCUT2D eigenvalue weighted by atomic mass is 16.7. The summed E-state index contributed by atoms with van der Waals surface area (Å²) in [5, 5.41) is 43.3. The molecule has 0 radical (unpaired) electrons. The molecule has 0 spiro atoms. The molecule has 1 fully saturated rings. The lowest BCUT2D eigenvalue weighted by Crippen LogP contribution is -2.61. The average Bonchev–Trinajstić information content (AvgIpc) is 3.19. The van der Waals surface area contributed by atoms with Crippen molar-refractivity contribution in [2.75, 3.05) is 13.2 Å². The number of aromatic nitrogens is 1. The van der Waals surface area contributed by atoms with E-state index in [1.165, 1.54) is 0 Å². The van der Waals surface area contributed by atoms with Gasteiger partial charge in [0.2, 0.25) is 0 Å². The molecule has 10 nitrogen and oxygen atoms in total. The second-order valence-electron chi connectivity index (χ2n) is 7.56. The second kappa shape index (κ2) is 9.73. The Morgan fingerprint density at radius 1 is 1.20 bits per heavy atom. The number of aliphatic hydroxyl groups excluding tert-OH is 3. The summed E-state index contributed by atoms with van der Waals surface area (Å²) < 4.78 is 16.9. The van der Waals surface area contributed by atoms with Crippen LogP contribution in [-0.4, -0.2) is 87.4 Å². The largest absolute Gasteiger partial charge is 0.490 e. The van der Waals surface area contributed by atoms with Crippen LogP contribution in [0.5, 0.6) is 5.75 Å². The summed E-state index contributed by atoms with van der Waals surface area (Å²) in [6.45, 7) is 4.30. The van der Waals surface area contributed by atoms with Gasteiger partial charge in [0.15, 0.2) is 12.4 Å². The van der Waals surface area contributed by atoms with E-state index in [2.05, 4.69) is 10.3 Å². The Labute approximate surface area is 173 Å². The standard InChI is InChI=1S/C20H28N2O8/c1-10(2)22-8-11(9-28-14-5-3-4-13-12(14)6-7-21-13)29-20-17(25)15(23)16(24)18(30-20)19(26)27/h3-7,10-11,15-18,20-25H,8-9H2,1-2H3,(H,26,27)/t11?,15?,16-,17?,18-,20+/m0/s1. The Balaban J connectivity index is 1.71. The Morgan fingerprint density at radius 3 is 2.67 bits per heavy atom. The molecule has 1 saturated heterocycles. The van der Waals surface area contributed by atoms with Crippen LogP contribution >= 0.6 is 0 Å². The van der Waals surface area contributed by atoms with E-state index in [1.54, 1.807) is 6.20 Å². The van der Waals surface area contributed by atoms with E-state index in [1.807, 2.05) is 38.1 Å². The monoisotopic (exact) mass is 424 g/mol. The van der Waals surface area contributed by atoms with Crippen molar-refractivity contribution in [3.05, 3.63) is 30.5 Å². The maximum absolute atomic E-state index is 11.3. The minimum atomic E-state index is -1.77. The summed E-state index contributed by atoms with van der Waals surface area (Å²) in [6.07, 6.45) is -7.12. The molecule has 2 heterocycles. The molecule has 30 heavy (non-hydrogen) atoms. The zero-order valence-corrected chi connectivity index (χ0v) is 16.8. The number of benzene rings is 1. The van der Waals surface area contributed by atoms with Crippen LogP contribution in [0.3, 0.4) is 0 Å². The van der Waals surface area contributed by atoms with E-state index in [9.17, 15) is 25.2 Å². The van der Waals surface area contributed by atoms with Gasteiger partial charge < -0.3 is 44.9 Å². The number of carboxylic acids is 1. The minimum absolute atomic E-state index is 0.0764. The van der Waals surface area contributed by atoms with Crippen LogP contribution in [0.4, 0.5) is 0 Å². The molecular formula is C20H28N2O8. The number of nitrogens with one attached hydrogen (secondary N) is 2. The normalized spacial score (nSPS) is 28.0. The molecule has 1 aromatic carbocycles. The first-order valence-electron chi connectivity index (χ1n) is 9.78. The maximum atomic E-state index is 11.3. The molecule has 0 amide bonds. The Hall–Kier alpha value is -2.21. The van der Waals surface area contributed by atoms with Crippen LogP contribution in [0.15, 0.2) is 30.5 Å². The smallest absolute Gasteiger partial charge is 0.335 e. The van der Waals surface area contributed by atoms with Gasteiger partial charge in [0, 0.05) is 29.7 Å². The highest BCUT2D eigenvalue weighted by Gasteiger charge is 2.48. The number of hydrogen-bond donors (Lipinski definition) is 6. The SMILES string of the molecule is CC(C)NCC(COc1cccc2[nH]ccc12)O[C@@H]1O[C@H](C(=O)O)[C@@H](O)C(O)C1O. The summed E-state index contributed by atoms with van der Waals surface area (Å²) in [4.78, 5) is 14.4. The molecule has 0 bridgehead atoms. The van der Waals surface area contributed by atoms with E-state index in [0.717, 1.165) is 10.9 Å². The summed E-state index contributed by atoms with van der Waals surface area (Å²) in [6, 6.07) is 7.60. The van der Waals surface area contributed by atoms with Crippen molar-refractivity contribution in [2.45, 2.75) is 56.7 Å². The topological polar surface area (TPSA) is 154 Å². The molecule has 1 aliphatic rings. The third-order valence-corrected chi connectivity index (χ3v) is 4.87. The zero-order chi connectivity index (χ0) is 21.8. The van der Waals surface area contributed by atoms with E-state index in [-0.39, 0.29) is 12.6 Å². The van der Waals surface area contributed by atoms with Gasteiger partial charge in [-0.25, -0.2) is 4.79 Å². The van der Waals surface area contributed by atoms with Crippen molar-refractivity contribution in [1.82, 2.24) is 10.3 Å². The number of H-pyrrole nitrogens is 1. The number of aliphatic hydroxyl groups is 3. The fourth-order valence-electron chi connectivity index (χ4n) is 3.23. The number of aromatic amines is 1. The lowest BCUT2D eigenvalue weighted by Gasteiger charge is -2.39. The van der Waals surface area contributed by atoms with E-state index in [0.29, 0.717) is 12.3 Å². The predicted octanol–water partition coefficient (Wildman–Crippen LogP) is -0.178. The molecule has 0 saturated carbocycles. The van der Waals surface area contributed by atoms with Crippen LogP contribution < -0.4 is 10.1 Å². The summed E-state index contributed by atoms with van der Waals surface area (Å²) in [5.41, 5.74) is 0.915. The van der Waals surface area contributed by atoms with Crippen molar-refractivity contribution in [3.63, 3.8) is 0 Å². The molecule has 0 aliphatic carbocycles. The number of aliphatic carboxylic acids is 1. The highest BCUT2D eigenvalue weighted by Crippen LogP contribution is 2.26. The average molecular weight is 424 g/mol. The molecule has 10 heteroatoms. The lowest BCUT2D eigenvalue weighted by atomic mass is 9.99. The molecule has 2 aromatic rings. The fraction of sp³-hybridized carbons (Fsp3) is 0.550. The molecule has 166 valence electrons. The Kier molecular flexibility index (Phi) is 7.29. The summed E-state index contributed by atoms with van der Waals surface area (Å²) in [7, 11) is 0. The molecule has 3 rings (SSSR count). The van der Waals surface area contributed by atoms with Gasteiger partial charge in [-0.05, 0) is 18.2 Å². The Bertz CT molecular complexity index is 841. The van der Waals surface area contributed by atoms with Gasteiger partial charge >= 0.3 is 5.97 Å². The van der Waals surface area contributed by atoms with Gasteiger partial charge in [0.25, 0.3) is 0 Å². The van der Waals surface area contributed by atoms with Gasteiger partial charge in [-0.1, -0.05) is 19.9 Å². The molecule has 1 aromatic heterocycles. The second-order valence-corrected chi connectivity index (χ2v) is 7.56. The van der Waals surface area contributed by atoms with Crippen molar-refractivity contribution >= 4 is 16.9 Å². The van der Waals surface area contributed by atoms with Crippen LogP contribution in [0.2, 0.25) is 0 Å². The number of carbonyl (C=O) groups is 1. The third-order valence-electron chi connectivity index (χ3n) is 4.87. The fourth-order valence-corrected chi connectivity index (χ4v) is 3.23. The van der Waals surface area contributed by atoms with Crippen molar-refractivity contribution in [3.8, 4) is 5.75 Å². The first kappa shape index (κ1) is 22.5. The first-order valence-corrected chi connectivity index (χ1v) is 9.78. The zero-order valence-electron chi connectivity index (χ0n) is 16.8. The van der Waals surface area contributed by atoms with Gasteiger partial charge in [-0.2, -0.15) is 0 Å². The van der Waals surface area contributed by atoms with Crippen molar-refractivity contribution in [2.24, 2.45) is 0 Å². The van der Waals surface area contributed by atoms with Crippen LogP contribution in [0.1, 0.15) is 13.8 Å². The van der Waals surface area contributed by atoms with Gasteiger partial charge in [0.05, 0.1) is 0 Å². The van der Waals surface area contributed by atoms with E-state index >= 15 is 0 Å². The first-order chi connectivity index (χ1) is 14.3. The van der Waals surface area contributed by atoms with Crippen LogP contribution in [0.25, 0.3) is 10.9 Å². The molecule has 1 aliphatic heterocycles. The molecule has 6 N–H and O–H groups in total. The van der Waals surface area contributed by atoms with Gasteiger partial charge in [0.1, 0.15) is 36.8 Å². The van der Waals surface area contributed by atoms with Gasteiger partial charge in [-0.15, -0.1) is 0 Å². The predicted molar refractivity (Wildman–Crippen MR) is 106 cm³/mol. The minimum Gasteiger partial charge on any atom is -0.490 e. The number of ether oxygens (including phenoxy) is 3. The van der Waals surface area contributed by atoms with Crippen molar-refractivity contribution < 1.29 is 39.4 Å². The van der Waals surface area contributed by atoms with E-state index < -0.39 is 42.8 Å². The lowest BCUT2D eigenvalue weighted by molar-refractivity contribution is -0.305. The highest BCUT2D eigenvalue weighted by molar-refractivity contribution is 5.85. The van der Waals surface area contributed by atoms with Crippen LogP contribution in [-0.2, 0) is 14.3 Å². The van der Waals surface area contributed by atoms with E-state index in [4.69, 9.17) is 14.2 Å². The maximum Gasteiger partial charge on any atom is 0.335 e. The number of fused-ring (bicyclic) bond motifs is 1. The summed E-state index contributed by atoms with van der Waals surface area (Å²) >= 11 is 0. The third kappa shape index (κ3) is 5.09. The number of hydrogen-bond acceptors (Lipinski definition) is 8. The van der Waals surface area contributed by atoms with Gasteiger partial charge in [-0.3, -0.25) is 0 Å². The quantitative estimate of drug-likeness (QED) is 0.322.